The maximum Gasteiger partial charge on any atom is 0.236 e. The lowest BCUT2D eigenvalue weighted by atomic mass is 9.94. The minimum Gasteiger partial charge on any atom is -0.454 e. The van der Waals surface area contributed by atoms with Crippen LogP contribution in [0.1, 0.15) is 41.9 Å². The summed E-state index contributed by atoms with van der Waals surface area (Å²) in [6.07, 6.45) is 2.97. The SMILES string of the molecule is CCN(C)CCOC(c1cnc(NC(=O)C2(c3ccc4c(c3)OCO4)CC2)s1)c1ccccc1Cl. The van der Waals surface area contributed by atoms with E-state index < -0.39 is 5.41 Å². The maximum atomic E-state index is 13.3. The van der Waals surface area contributed by atoms with Crippen molar-refractivity contribution in [2.75, 3.05) is 38.9 Å². The standard InChI is InChI=1S/C26H28ClN3O4S/c1-3-30(2)12-13-32-23(18-6-4-5-7-19(18)27)22-15-28-25(35-22)29-24(31)26(10-11-26)17-8-9-20-21(14-17)34-16-33-20/h4-9,14-15,23H,3,10-13,16H2,1-2H3,(H,28,29,31). The molecule has 3 aromatic rings. The topological polar surface area (TPSA) is 72.9 Å². The van der Waals surface area contributed by atoms with Crippen LogP contribution in [0, 0.1) is 0 Å². The number of likely N-dealkylation sites (N-methyl/N-ethyl adjacent to an activating group) is 1. The van der Waals surface area contributed by atoms with Crippen molar-refractivity contribution in [3.63, 3.8) is 0 Å². The fraction of sp³-hybridized carbons (Fsp3) is 0.385. The number of nitrogens with zero attached hydrogens (tertiary/aromatic N) is 2. The van der Waals surface area contributed by atoms with Crippen molar-refractivity contribution in [1.82, 2.24) is 9.88 Å². The fourth-order valence-electron chi connectivity index (χ4n) is 4.15. The fourth-order valence-corrected chi connectivity index (χ4v) is 5.26. The second kappa shape index (κ2) is 10.1. The van der Waals surface area contributed by atoms with Crippen LogP contribution in [0.4, 0.5) is 5.13 Å². The third-order valence-corrected chi connectivity index (χ3v) is 7.90. The van der Waals surface area contributed by atoms with Gasteiger partial charge in [0.05, 0.1) is 16.9 Å². The van der Waals surface area contributed by atoms with Crippen molar-refractivity contribution < 1.29 is 19.0 Å². The van der Waals surface area contributed by atoms with E-state index in [1.807, 2.05) is 42.5 Å². The van der Waals surface area contributed by atoms with Crippen LogP contribution in [0.15, 0.2) is 48.7 Å². The van der Waals surface area contributed by atoms with Crippen LogP contribution in [0.3, 0.4) is 0 Å². The Kier molecular flexibility index (Phi) is 6.98. The molecule has 1 saturated carbocycles. The molecule has 5 rings (SSSR count). The largest absolute Gasteiger partial charge is 0.454 e. The molecule has 1 atom stereocenters. The number of hydrogen-bond acceptors (Lipinski definition) is 7. The summed E-state index contributed by atoms with van der Waals surface area (Å²) in [4.78, 5) is 20.9. The molecule has 184 valence electrons. The molecule has 0 spiro atoms. The van der Waals surface area contributed by atoms with E-state index in [2.05, 4.69) is 29.2 Å². The normalized spacial score (nSPS) is 16.3. The second-order valence-corrected chi connectivity index (χ2v) is 10.3. The summed E-state index contributed by atoms with van der Waals surface area (Å²) in [7, 11) is 2.06. The first-order valence-corrected chi connectivity index (χ1v) is 12.9. The lowest BCUT2D eigenvalue weighted by Gasteiger charge is -2.20. The van der Waals surface area contributed by atoms with E-state index in [0.29, 0.717) is 28.3 Å². The number of anilines is 1. The number of benzene rings is 2. The summed E-state index contributed by atoms with van der Waals surface area (Å²) < 4.78 is 17.2. The van der Waals surface area contributed by atoms with Gasteiger partial charge >= 0.3 is 0 Å². The highest BCUT2D eigenvalue weighted by atomic mass is 35.5. The quantitative estimate of drug-likeness (QED) is 0.399. The van der Waals surface area contributed by atoms with E-state index in [-0.39, 0.29) is 18.8 Å². The van der Waals surface area contributed by atoms with Crippen LogP contribution < -0.4 is 14.8 Å². The lowest BCUT2D eigenvalue weighted by molar-refractivity contribution is -0.118. The number of carbonyl (C=O) groups is 1. The highest BCUT2D eigenvalue weighted by Crippen LogP contribution is 2.51. The molecule has 2 aromatic carbocycles. The van der Waals surface area contributed by atoms with Crippen LogP contribution in [-0.4, -0.2) is 49.3 Å². The molecule has 7 nitrogen and oxygen atoms in total. The van der Waals surface area contributed by atoms with Gasteiger partial charge in [0, 0.05) is 23.3 Å². The van der Waals surface area contributed by atoms with Gasteiger partial charge in [-0.3, -0.25) is 4.79 Å². The third-order valence-electron chi connectivity index (χ3n) is 6.60. The molecule has 0 saturated heterocycles. The van der Waals surface area contributed by atoms with Gasteiger partial charge in [-0.2, -0.15) is 0 Å². The number of rotatable bonds is 10. The van der Waals surface area contributed by atoms with E-state index in [1.165, 1.54) is 11.3 Å². The van der Waals surface area contributed by atoms with E-state index in [1.54, 1.807) is 6.20 Å². The van der Waals surface area contributed by atoms with Crippen molar-refractivity contribution >= 4 is 34.0 Å². The lowest BCUT2D eigenvalue weighted by Crippen LogP contribution is -2.27. The zero-order valence-electron chi connectivity index (χ0n) is 19.8. The predicted molar refractivity (Wildman–Crippen MR) is 137 cm³/mol. The van der Waals surface area contributed by atoms with Gasteiger partial charge in [0.2, 0.25) is 12.7 Å². The minimum absolute atomic E-state index is 0.0583. The van der Waals surface area contributed by atoms with Gasteiger partial charge in [-0.25, -0.2) is 4.98 Å². The van der Waals surface area contributed by atoms with Gasteiger partial charge in [0.1, 0.15) is 6.10 Å². The molecule has 1 unspecified atom stereocenters. The van der Waals surface area contributed by atoms with Crippen LogP contribution in [0.2, 0.25) is 5.02 Å². The predicted octanol–water partition coefficient (Wildman–Crippen LogP) is 5.25. The molecule has 0 bridgehead atoms. The first-order valence-electron chi connectivity index (χ1n) is 11.7. The van der Waals surface area contributed by atoms with Crippen molar-refractivity contribution in [3.8, 4) is 11.5 Å². The van der Waals surface area contributed by atoms with Crippen LogP contribution in [0.25, 0.3) is 0 Å². The minimum atomic E-state index is -0.559. The van der Waals surface area contributed by atoms with E-state index >= 15 is 0 Å². The van der Waals surface area contributed by atoms with E-state index in [0.717, 1.165) is 41.9 Å². The molecule has 1 fully saturated rings. The molecule has 1 amide bonds. The van der Waals surface area contributed by atoms with Gasteiger partial charge in [0.15, 0.2) is 16.6 Å². The van der Waals surface area contributed by atoms with Crippen molar-refractivity contribution in [1.29, 1.82) is 0 Å². The van der Waals surface area contributed by atoms with Crippen LogP contribution in [0.5, 0.6) is 11.5 Å². The highest BCUT2D eigenvalue weighted by molar-refractivity contribution is 7.15. The summed E-state index contributed by atoms with van der Waals surface area (Å²) >= 11 is 7.92. The molecule has 1 aliphatic heterocycles. The Labute approximate surface area is 214 Å². The van der Waals surface area contributed by atoms with Crippen LogP contribution in [-0.2, 0) is 14.9 Å². The number of aromatic nitrogens is 1. The first kappa shape index (κ1) is 24.1. The van der Waals surface area contributed by atoms with E-state index in [9.17, 15) is 4.79 Å². The molecule has 2 heterocycles. The molecule has 1 N–H and O–H groups in total. The Morgan fingerprint density at radius 2 is 2.06 bits per heavy atom. The molecule has 1 aliphatic carbocycles. The van der Waals surface area contributed by atoms with Gasteiger partial charge in [-0.1, -0.05) is 54.1 Å². The zero-order chi connectivity index (χ0) is 24.4. The van der Waals surface area contributed by atoms with Gasteiger partial charge in [-0.15, -0.1) is 0 Å². The summed E-state index contributed by atoms with van der Waals surface area (Å²) in [5.74, 6) is 1.34. The van der Waals surface area contributed by atoms with Crippen LogP contribution >= 0.6 is 22.9 Å². The summed E-state index contributed by atoms with van der Waals surface area (Å²) in [6, 6.07) is 13.4. The Morgan fingerprint density at radius 1 is 1.26 bits per heavy atom. The average Bonchev–Trinajstić information content (AvgIpc) is 3.33. The highest BCUT2D eigenvalue weighted by Gasteiger charge is 2.52. The zero-order valence-corrected chi connectivity index (χ0v) is 21.3. The number of nitrogens with one attached hydrogen (secondary N) is 1. The Balaban J connectivity index is 1.32. The molecule has 9 heteroatoms. The number of thiazole rings is 1. The molecular formula is C26H28ClN3O4S. The summed E-state index contributed by atoms with van der Waals surface area (Å²) in [6.45, 7) is 4.62. The summed E-state index contributed by atoms with van der Waals surface area (Å²) in [5, 5.41) is 4.22. The Hall–Kier alpha value is -2.65. The Bertz CT molecular complexity index is 1210. The number of amides is 1. The third kappa shape index (κ3) is 5.02. The Morgan fingerprint density at radius 3 is 2.83 bits per heavy atom. The molecular weight excluding hydrogens is 486 g/mol. The molecule has 1 aromatic heterocycles. The molecule has 2 aliphatic rings. The van der Waals surface area contributed by atoms with Crippen molar-refractivity contribution in [2.45, 2.75) is 31.3 Å². The second-order valence-electron chi connectivity index (χ2n) is 8.84. The number of halogens is 1. The van der Waals surface area contributed by atoms with E-state index in [4.69, 9.17) is 25.8 Å². The first-order chi connectivity index (χ1) is 17.0. The van der Waals surface area contributed by atoms with Crippen molar-refractivity contribution in [3.05, 3.63) is 69.7 Å². The monoisotopic (exact) mass is 513 g/mol. The molecule has 35 heavy (non-hydrogen) atoms. The summed E-state index contributed by atoms with van der Waals surface area (Å²) in [5.41, 5.74) is 1.26. The van der Waals surface area contributed by atoms with Gasteiger partial charge < -0.3 is 24.4 Å². The van der Waals surface area contributed by atoms with Crippen molar-refractivity contribution in [2.24, 2.45) is 0 Å². The number of carbonyl (C=O) groups excluding carboxylic acids is 1. The number of hydrogen-bond donors (Lipinski definition) is 1. The smallest absolute Gasteiger partial charge is 0.236 e. The molecule has 0 radical (unpaired) electrons. The maximum absolute atomic E-state index is 13.3. The average molecular weight is 514 g/mol. The van der Waals surface area contributed by atoms with Gasteiger partial charge in [0.25, 0.3) is 0 Å². The van der Waals surface area contributed by atoms with Gasteiger partial charge in [-0.05, 0) is 50.2 Å². The number of ether oxygens (including phenoxy) is 3. The number of fused-ring (bicyclic) bond motifs is 1.